The van der Waals surface area contributed by atoms with Crippen LogP contribution >= 0.6 is 23.2 Å². The molecule has 1 aromatic carbocycles. The first-order chi connectivity index (χ1) is 10.3. The van der Waals surface area contributed by atoms with Gasteiger partial charge in [-0.3, -0.25) is 4.79 Å². The molecule has 0 spiro atoms. The molecule has 1 N–H and O–H groups in total. The highest BCUT2D eigenvalue weighted by Gasteiger charge is 2.16. The molecule has 0 aliphatic rings. The largest absolute Gasteiger partial charge is 0.449 e. The molecule has 0 heterocycles. The van der Waals surface area contributed by atoms with Crippen LogP contribution in [0.5, 0.6) is 0 Å². The highest BCUT2D eigenvalue weighted by atomic mass is 35.5. The topological polar surface area (TPSA) is 55.4 Å². The van der Waals surface area contributed by atoms with Crippen LogP contribution in [0.1, 0.15) is 26.3 Å². The first-order valence-electron chi connectivity index (χ1n) is 6.91. The minimum atomic E-state index is -0.863. The molecule has 4 nitrogen and oxygen atoms in total. The van der Waals surface area contributed by atoms with Gasteiger partial charge in [-0.1, -0.05) is 43.1 Å². The van der Waals surface area contributed by atoms with Gasteiger partial charge in [-0.25, -0.2) is 4.79 Å². The van der Waals surface area contributed by atoms with E-state index in [0.717, 1.165) is 0 Å². The van der Waals surface area contributed by atoms with Gasteiger partial charge in [-0.2, -0.15) is 0 Å². The molecule has 0 bridgehead atoms. The second kappa shape index (κ2) is 8.81. The first-order valence-corrected chi connectivity index (χ1v) is 7.67. The minimum Gasteiger partial charge on any atom is -0.449 e. The summed E-state index contributed by atoms with van der Waals surface area (Å²) in [6.45, 7) is 6.01. The van der Waals surface area contributed by atoms with E-state index in [1.165, 1.54) is 19.1 Å². The third-order valence-corrected chi connectivity index (χ3v) is 3.39. The Kier molecular flexibility index (Phi) is 7.42. The van der Waals surface area contributed by atoms with E-state index in [1.807, 2.05) is 13.8 Å². The number of hydrogen-bond donors (Lipinski definition) is 1. The van der Waals surface area contributed by atoms with Crippen molar-refractivity contribution in [2.75, 3.05) is 6.54 Å². The van der Waals surface area contributed by atoms with Crippen LogP contribution < -0.4 is 5.32 Å². The van der Waals surface area contributed by atoms with Gasteiger partial charge in [-0.05, 0) is 31.1 Å². The lowest BCUT2D eigenvalue weighted by Crippen LogP contribution is -2.37. The standard InChI is InChI=1S/C16H19Cl2NO3/c1-10(2)9-19-16(21)11(3)22-15(20)8-7-12-13(17)5-4-6-14(12)18/h4-8,10-11H,9H2,1-3H3,(H,19,21)/b8-7+/t11-/m1/s1. The molecule has 0 fully saturated rings. The SMILES string of the molecule is CC(C)CNC(=O)[C@@H](C)OC(=O)/C=C/c1c(Cl)cccc1Cl. The molecule has 0 saturated carbocycles. The average Bonchev–Trinajstić information content (AvgIpc) is 2.44. The molecule has 120 valence electrons. The normalized spacial score (nSPS) is 12.5. The van der Waals surface area contributed by atoms with Gasteiger partial charge in [0.1, 0.15) is 0 Å². The van der Waals surface area contributed by atoms with Crippen LogP contribution in [0, 0.1) is 5.92 Å². The Bertz CT molecular complexity index is 550. The summed E-state index contributed by atoms with van der Waals surface area (Å²) in [6.07, 6.45) is 1.79. The summed E-state index contributed by atoms with van der Waals surface area (Å²) in [5.41, 5.74) is 0.527. The summed E-state index contributed by atoms with van der Waals surface area (Å²) in [6, 6.07) is 5.04. The fourth-order valence-corrected chi connectivity index (χ4v) is 2.06. The molecule has 0 aliphatic heterocycles. The third-order valence-electron chi connectivity index (χ3n) is 2.73. The van der Waals surface area contributed by atoms with Crippen molar-refractivity contribution in [3.63, 3.8) is 0 Å². The Hall–Kier alpha value is -1.52. The van der Waals surface area contributed by atoms with Gasteiger partial charge in [0.15, 0.2) is 6.10 Å². The summed E-state index contributed by atoms with van der Waals surface area (Å²) < 4.78 is 5.02. The van der Waals surface area contributed by atoms with E-state index >= 15 is 0 Å². The smallest absolute Gasteiger partial charge is 0.331 e. The number of rotatable bonds is 6. The third kappa shape index (κ3) is 6.08. The molecule has 0 aliphatic carbocycles. The van der Waals surface area contributed by atoms with Gasteiger partial charge in [0.25, 0.3) is 5.91 Å². The number of nitrogens with one attached hydrogen (secondary N) is 1. The summed E-state index contributed by atoms with van der Waals surface area (Å²) in [4.78, 5) is 23.4. The number of hydrogen-bond acceptors (Lipinski definition) is 3. The van der Waals surface area contributed by atoms with Gasteiger partial charge < -0.3 is 10.1 Å². The molecule has 1 rings (SSSR count). The van der Waals surface area contributed by atoms with Crippen LogP contribution in [-0.2, 0) is 14.3 Å². The first kappa shape index (κ1) is 18.5. The molecule has 0 saturated heterocycles. The minimum absolute atomic E-state index is 0.328. The quantitative estimate of drug-likeness (QED) is 0.632. The van der Waals surface area contributed by atoms with E-state index in [2.05, 4.69) is 5.32 Å². The van der Waals surface area contributed by atoms with Crippen molar-refractivity contribution in [3.05, 3.63) is 39.9 Å². The van der Waals surface area contributed by atoms with E-state index in [4.69, 9.17) is 27.9 Å². The molecule has 1 atom stereocenters. The molecular weight excluding hydrogens is 325 g/mol. The molecular formula is C16H19Cl2NO3. The summed E-state index contributed by atoms with van der Waals surface area (Å²) in [5.74, 6) is -0.636. The number of carbonyl (C=O) groups excluding carboxylic acids is 2. The number of amides is 1. The van der Waals surface area contributed by atoms with Crippen LogP contribution in [-0.4, -0.2) is 24.5 Å². The number of carbonyl (C=O) groups is 2. The van der Waals surface area contributed by atoms with E-state index in [1.54, 1.807) is 18.2 Å². The molecule has 0 aromatic heterocycles. The second-order valence-electron chi connectivity index (χ2n) is 5.19. The van der Waals surface area contributed by atoms with Crippen molar-refractivity contribution in [1.82, 2.24) is 5.32 Å². The number of ether oxygens (including phenoxy) is 1. The van der Waals surface area contributed by atoms with Crippen molar-refractivity contribution in [3.8, 4) is 0 Å². The number of halogens is 2. The zero-order valence-electron chi connectivity index (χ0n) is 12.7. The monoisotopic (exact) mass is 343 g/mol. The number of benzene rings is 1. The van der Waals surface area contributed by atoms with Crippen LogP contribution in [0.15, 0.2) is 24.3 Å². The summed E-state index contributed by atoms with van der Waals surface area (Å²) in [7, 11) is 0. The van der Waals surface area contributed by atoms with E-state index in [9.17, 15) is 9.59 Å². The van der Waals surface area contributed by atoms with E-state index < -0.39 is 12.1 Å². The van der Waals surface area contributed by atoms with Crippen LogP contribution in [0.25, 0.3) is 6.08 Å². The lowest BCUT2D eigenvalue weighted by atomic mass is 10.2. The lowest BCUT2D eigenvalue weighted by molar-refractivity contribution is -0.150. The zero-order valence-corrected chi connectivity index (χ0v) is 14.2. The second-order valence-corrected chi connectivity index (χ2v) is 6.00. The molecule has 6 heteroatoms. The van der Waals surface area contributed by atoms with Crippen molar-refractivity contribution < 1.29 is 14.3 Å². The predicted octanol–water partition coefficient (Wildman–Crippen LogP) is 3.71. The molecule has 0 unspecified atom stereocenters. The molecule has 1 aromatic rings. The van der Waals surface area contributed by atoms with Gasteiger partial charge in [0.05, 0.1) is 0 Å². The Morgan fingerprint density at radius 2 is 1.82 bits per heavy atom. The lowest BCUT2D eigenvalue weighted by Gasteiger charge is -2.13. The maximum atomic E-state index is 11.7. The molecule has 0 radical (unpaired) electrons. The van der Waals surface area contributed by atoms with Gasteiger partial charge in [-0.15, -0.1) is 0 Å². The maximum Gasteiger partial charge on any atom is 0.331 e. The molecule has 22 heavy (non-hydrogen) atoms. The highest BCUT2D eigenvalue weighted by molar-refractivity contribution is 6.37. The maximum absolute atomic E-state index is 11.7. The predicted molar refractivity (Wildman–Crippen MR) is 88.9 cm³/mol. The van der Waals surface area contributed by atoms with Crippen molar-refractivity contribution in [2.45, 2.75) is 26.9 Å². The summed E-state index contributed by atoms with van der Waals surface area (Å²) in [5, 5.41) is 3.56. The van der Waals surface area contributed by atoms with Gasteiger partial charge >= 0.3 is 5.97 Å². The van der Waals surface area contributed by atoms with E-state index in [0.29, 0.717) is 28.1 Å². The fourth-order valence-electron chi connectivity index (χ4n) is 1.54. The highest BCUT2D eigenvalue weighted by Crippen LogP contribution is 2.25. The Labute approximate surface area is 140 Å². The van der Waals surface area contributed by atoms with Crippen LogP contribution in [0.3, 0.4) is 0 Å². The molecule has 1 amide bonds. The van der Waals surface area contributed by atoms with Crippen LogP contribution in [0.4, 0.5) is 0 Å². The van der Waals surface area contributed by atoms with E-state index in [-0.39, 0.29) is 5.91 Å². The van der Waals surface area contributed by atoms with Crippen molar-refractivity contribution >= 4 is 41.2 Å². The van der Waals surface area contributed by atoms with Gasteiger partial charge in [0, 0.05) is 28.2 Å². The van der Waals surface area contributed by atoms with Gasteiger partial charge in [0.2, 0.25) is 0 Å². The zero-order chi connectivity index (χ0) is 16.7. The Morgan fingerprint density at radius 3 is 2.36 bits per heavy atom. The average molecular weight is 344 g/mol. The Morgan fingerprint density at radius 1 is 1.23 bits per heavy atom. The fraction of sp³-hybridized carbons (Fsp3) is 0.375. The summed E-state index contributed by atoms with van der Waals surface area (Å²) >= 11 is 12.0. The van der Waals surface area contributed by atoms with Crippen molar-refractivity contribution in [1.29, 1.82) is 0 Å². The van der Waals surface area contributed by atoms with Crippen LogP contribution in [0.2, 0.25) is 10.0 Å². The Balaban J connectivity index is 2.59. The number of esters is 1. The van der Waals surface area contributed by atoms with Crippen molar-refractivity contribution in [2.24, 2.45) is 5.92 Å².